The average molecular weight is 485 g/mol. The second-order valence-electron chi connectivity index (χ2n) is 10.3. The molecule has 2 aliphatic rings. The van der Waals surface area contributed by atoms with Crippen LogP contribution in [0.1, 0.15) is 42.9 Å². The summed E-state index contributed by atoms with van der Waals surface area (Å²) in [7, 11) is 0. The zero-order valence-corrected chi connectivity index (χ0v) is 21.1. The van der Waals surface area contributed by atoms with E-state index in [4.69, 9.17) is 9.40 Å². The monoisotopic (exact) mass is 484 g/mol. The van der Waals surface area contributed by atoms with Crippen molar-refractivity contribution in [2.45, 2.75) is 63.7 Å². The highest BCUT2D eigenvalue weighted by molar-refractivity contribution is 5.78. The number of piperidine rings is 2. The molecule has 0 radical (unpaired) electrons. The van der Waals surface area contributed by atoms with Gasteiger partial charge in [-0.3, -0.25) is 0 Å². The number of benzene rings is 2. The van der Waals surface area contributed by atoms with E-state index in [1.165, 1.54) is 18.4 Å². The Labute approximate surface area is 212 Å². The third kappa shape index (κ3) is 5.18. The third-order valence-corrected chi connectivity index (χ3v) is 7.81. The predicted octanol–water partition coefficient (Wildman–Crippen LogP) is 4.62. The quantitative estimate of drug-likeness (QED) is 0.399. The molecule has 2 aromatic heterocycles. The summed E-state index contributed by atoms with van der Waals surface area (Å²) >= 11 is 0. The molecule has 4 heterocycles. The lowest BCUT2D eigenvalue weighted by atomic mass is 9.91. The van der Waals surface area contributed by atoms with Crippen LogP contribution in [0.3, 0.4) is 0 Å². The second kappa shape index (κ2) is 10.4. The summed E-state index contributed by atoms with van der Waals surface area (Å²) in [6.07, 6.45) is 7.69. The molecule has 0 unspecified atom stereocenters. The van der Waals surface area contributed by atoms with Crippen LogP contribution < -0.4 is 10.6 Å². The predicted molar refractivity (Wildman–Crippen MR) is 143 cm³/mol. The summed E-state index contributed by atoms with van der Waals surface area (Å²) in [4.78, 5) is 11.9. The maximum atomic E-state index is 5.78. The van der Waals surface area contributed by atoms with Crippen LogP contribution in [0.2, 0.25) is 0 Å². The first-order valence-corrected chi connectivity index (χ1v) is 13.4. The molecule has 188 valence electrons. The fourth-order valence-corrected chi connectivity index (χ4v) is 5.94. The van der Waals surface area contributed by atoms with Crippen molar-refractivity contribution in [2.24, 2.45) is 0 Å². The van der Waals surface area contributed by atoms with Crippen molar-refractivity contribution in [3.8, 4) is 0 Å². The molecule has 2 fully saturated rings. The molecule has 2 atom stereocenters. The van der Waals surface area contributed by atoms with E-state index in [0.717, 1.165) is 61.6 Å². The summed E-state index contributed by atoms with van der Waals surface area (Å²) in [6.45, 7) is 5.91. The average Bonchev–Trinajstić information content (AvgIpc) is 3.48. The van der Waals surface area contributed by atoms with Gasteiger partial charge in [0.25, 0.3) is 0 Å². The topological polar surface area (TPSA) is 71.2 Å². The van der Waals surface area contributed by atoms with Gasteiger partial charge in [0.1, 0.15) is 5.76 Å². The van der Waals surface area contributed by atoms with Crippen molar-refractivity contribution < 1.29 is 4.42 Å². The number of para-hydroxylation sites is 2. The zero-order chi connectivity index (χ0) is 24.3. The van der Waals surface area contributed by atoms with E-state index in [-0.39, 0.29) is 0 Å². The first-order chi connectivity index (χ1) is 17.7. The Kier molecular flexibility index (Phi) is 6.75. The number of aromatic nitrogens is 3. The van der Waals surface area contributed by atoms with Crippen LogP contribution in [-0.4, -0.2) is 57.2 Å². The molecular formula is C29H36N6O. The van der Waals surface area contributed by atoms with Crippen molar-refractivity contribution in [1.29, 1.82) is 0 Å². The van der Waals surface area contributed by atoms with Crippen molar-refractivity contribution in [2.75, 3.05) is 25.0 Å². The van der Waals surface area contributed by atoms with Gasteiger partial charge in [0.2, 0.25) is 5.95 Å². The molecule has 0 aliphatic carbocycles. The highest BCUT2D eigenvalue weighted by Crippen LogP contribution is 2.26. The molecule has 2 saturated heterocycles. The van der Waals surface area contributed by atoms with Crippen molar-refractivity contribution in [1.82, 2.24) is 24.8 Å². The van der Waals surface area contributed by atoms with E-state index in [0.29, 0.717) is 30.6 Å². The lowest BCUT2D eigenvalue weighted by molar-refractivity contribution is 0.116. The molecule has 0 amide bonds. The number of hydrogen-bond donors (Lipinski definition) is 2. The molecule has 7 nitrogen and oxygen atoms in total. The molecule has 2 aliphatic heterocycles. The SMILES string of the molecule is Cc1ncc(Cn2c(NC3CCN([C@@H]4CCN[C@@H](Cc5ccccc5)C4)CC3)nc3ccccc32)o1. The number of likely N-dealkylation sites (tertiary alicyclic amines) is 1. The van der Waals surface area contributed by atoms with E-state index < -0.39 is 0 Å². The molecule has 2 aromatic carbocycles. The van der Waals surface area contributed by atoms with Gasteiger partial charge in [0.05, 0.1) is 23.8 Å². The first-order valence-electron chi connectivity index (χ1n) is 13.4. The maximum Gasteiger partial charge on any atom is 0.204 e. The Morgan fingerprint density at radius 3 is 2.64 bits per heavy atom. The van der Waals surface area contributed by atoms with E-state index in [1.807, 2.05) is 19.2 Å². The van der Waals surface area contributed by atoms with Crippen LogP contribution in [-0.2, 0) is 13.0 Å². The summed E-state index contributed by atoms with van der Waals surface area (Å²) in [5.74, 6) is 2.47. The number of oxazole rings is 1. The molecule has 6 rings (SSSR count). The minimum Gasteiger partial charge on any atom is -0.444 e. The van der Waals surface area contributed by atoms with Gasteiger partial charge in [-0.1, -0.05) is 42.5 Å². The molecule has 4 aromatic rings. The molecule has 2 N–H and O–H groups in total. The fourth-order valence-electron chi connectivity index (χ4n) is 5.94. The van der Waals surface area contributed by atoms with Gasteiger partial charge in [-0.15, -0.1) is 0 Å². The van der Waals surface area contributed by atoms with Gasteiger partial charge in [0.15, 0.2) is 5.89 Å². The number of hydrogen-bond acceptors (Lipinski definition) is 6. The number of imidazole rings is 1. The molecule has 36 heavy (non-hydrogen) atoms. The highest BCUT2D eigenvalue weighted by atomic mass is 16.4. The van der Waals surface area contributed by atoms with Gasteiger partial charge in [-0.05, 0) is 56.3 Å². The minimum absolute atomic E-state index is 0.426. The first kappa shape index (κ1) is 23.3. The van der Waals surface area contributed by atoms with Gasteiger partial charge in [-0.2, -0.15) is 0 Å². The van der Waals surface area contributed by atoms with Crippen LogP contribution >= 0.6 is 0 Å². The molecule has 7 heteroatoms. The largest absolute Gasteiger partial charge is 0.444 e. The lowest BCUT2D eigenvalue weighted by Crippen LogP contribution is -2.51. The van der Waals surface area contributed by atoms with E-state index >= 15 is 0 Å². The number of anilines is 1. The van der Waals surface area contributed by atoms with Crippen LogP contribution in [0.25, 0.3) is 11.0 Å². The normalized spacial score (nSPS) is 21.7. The van der Waals surface area contributed by atoms with Gasteiger partial charge < -0.3 is 24.5 Å². The smallest absolute Gasteiger partial charge is 0.204 e. The van der Waals surface area contributed by atoms with Gasteiger partial charge >= 0.3 is 0 Å². The molecule has 0 saturated carbocycles. The van der Waals surface area contributed by atoms with Crippen LogP contribution in [0, 0.1) is 6.92 Å². The molecular weight excluding hydrogens is 448 g/mol. The van der Waals surface area contributed by atoms with E-state index in [2.05, 4.69) is 73.6 Å². The third-order valence-electron chi connectivity index (χ3n) is 7.81. The number of nitrogens with one attached hydrogen (secondary N) is 2. The number of fused-ring (bicyclic) bond motifs is 1. The fraction of sp³-hybridized carbons (Fsp3) is 0.448. The Morgan fingerprint density at radius 1 is 1.03 bits per heavy atom. The maximum absolute atomic E-state index is 5.78. The Morgan fingerprint density at radius 2 is 1.83 bits per heavy atom. The van der Waals surface area contributed by atoms with E-state index in [9.17, 15) is 0 Å². The zero-order valence-electron chi connectivity index (χ0n) is 21.1. The minimum atomic E-state index is 0.426. The Hall–Kier alpha value is -3.16. The number of aryl methyl sites for hydroxylation is 1. The summed E-state index contributed by atoms with van der Waals surface area (Å²) in [5, 5.41) is 7.54. The van der Waals surface area contributed by atoms with Crippen LogP contribution in [0.4, 0.5) is 5.95 Å². The van der Waals surface area contributed by atoms with Crippen LogP contribution in [0.5, 0.6) is 0 Å². The Balaban J connectivity index is 1.08. The van der Waals surface area contributed by atoms with Gasteiger partial charge in [0, 0.05) is 38.1 Å². The number of nitrogens with zero attached hydrogens (tertiary/aromatic N) is 4. The molecule has 0 spiro atoms. The Bertz CT molecular complexity index is 1270. The highest BCUT2D eigenvalue weighted by Gasteiger charge is 2.30. The van der Waals surface area contributed by atoms with Crippen LogP contribution in [0.15, 0.2) is 65.2 Å². The van der Waals surface area contributed by atoms with Gasteiger partial charge in [-0.25, -0.2) is 9.97 Å². The lowest BCUT2D eigenvalue weighted by Gasteiger charge is -2.42. The summed E-state index contributed by atoms with van der Waals surface area (Å²) < 4.78 is 8.00. The van der Waals surface area contributed by atoms with Crippen molar-refractivity contribution in [3.05, 3.63) is 78.0 Å². The number of rotatable bonds is 7. The van der Waals surface area contributed by atoms with E-state index in [1.54, 1.807) is 0 Å². The summed E-state index contributed by atoms with van der Waals surface area (Å²) in [6, 6.07) is 20.9. The van der Waals surface area contributed by atoms with Crippen molar-refractivity contribution in [3.63, 3.8) is 0 Å². The molecule has 0 bridgehead atoms. The van der Waals surface area contributed by atoms with Crippen molar-refractivity contribution >= 4 is 17.0 Å². The second-order valence-corrected chi connectivity index (χ2v) is 10.3. The summed E-state index contributed by atoms with van der Waals surface area (Å²) in [5.41, 5.74) is 3.56. The standard InChI is InChI=1S/C29H36N6O/c1-21-31-19-26(36-21)20-35-28-10-6-5-9-27(28)33-29(35)32-23-12-15-34(16-13-23)25-11-14-30-24(18-25)17-22-7-3-2-4-8-22/h2-10,19,23-25,30H,11-18,20H2,1H3,(H,32,33)/t24-,25+/m0/s1.